The summed E-state index contributed by atoms with van der Waals surface area (Å²) < 4.78 is 33.5. The predicted octanol–water partition coefficient (Wildman–Crippen LogP) is 4.08. The number of allylic oxidation sites excluding steroid dienone is 1. The van der Waals surface area contributed by atoms with Gasteiger partial charge in [-0.3, -0.25) is 19.1 Å². The van der Waals surface area contributed by atoms with Gasteiger partial charge in [-0.15, -0.1) is 6.58 Å². The second-order valence-electron chi connectivity index (χ2n) is 13.8. The molecule has 7 rings (SSSR count). The van der Waals surface area contributed by atoms with E-state index in [1.165, 1.54) is 0 Å². The molecule has 12 heteroatoms. The van der Waals surface area contributed by atoms with Crippen molar-refractivity contribution in [2.45, 2.75) is 68.3 Å². The summed E-state index contributed by atoms with van der Waals surface area (Å²) in [6.45, 7) is 4.75. The van der Waals surface area contributed by atoms with Crippen molar-refractivity contribution < 1.29 is 32.4 Å². The highest BCUT2D eigenvalue weighted by molar-refractivity contribution is 7.91. The molecule has 0 unspecified atom stereocenters. The van der Waals surface area contributed by atoms with Crippen molar-refractivity contribution in [2.75, 3.05) is 20.2 Å². The monoisotopic (exact) mass is 686 g/mol. The number of amides is 3. The van der Waals surface area contributed by atoms with Gasteiger partial charge in [0.25, 0.3) is 5.91 Å². The van der Waals surface area contributed by atoms with Gasteiger partial charge in [-0.25, -0.2) is 8.42 Å². The van der Waals surface area contributed by atoms with Crippen molar-refractivity contribution in [3.05, 3.63) is 78.4 Å². The number of benzene rings is 2. The van der Waals surface area contributed by atoms with Gasteiger partial charge in [0, 0.05) is 30.6 Å². The van der Waals surface area contributed by atoms with Crippen LogP contribution in [0.5, 0.6) is 5.75 Å². The third-order valence-corrected chi connectivity index (χ3v) is 12.3. The lowest BCUT2D eigenvalue weighted by Gasteiger charge is -2.26. The number of carbonyl (C=O) groups is 3. The molecule has 2 aromatic rings. The lowest BCUT2D eigenvalue weighted by atomic mass is 9.93. The lowest BCUT2D eigenvalue weighted by Crippen LogP contribution is -2.54. The van der Waals surface area contributed by atoms with E-state index in [4.69, 9.17) is 9.57 Å². The summed E-state index contributed by atoms with van der Waals surface area (Å²) in [6.07, 6.45) is 9.28. The topological polar surface area (TPSA) is 143 Å². The van der Waals surface area contributed by atoms with Gasteiger partial charge in [0.1, 0.15) is 29.7 Å². The SMILES string of the molecule is C=C[C@@H]1C[C@]1(NC(=O)[C@@H]1C[C@@H]2C[C@H]1C(=O)N(C)CCCC/C=C\COc1ccc3c(c1)/C(=N\O2)c1ccccc1-3)C(=O)NS(=O)(=O)C1CC1. The van der Waals surface area contributed by atoms with Gasteiger partial charge < -0.3 is 19.8 Å². The zero-order chi connectivity index (χ0) is 34.3. The summed E-state index contributed by atoms with van der Waals surface area (Å²) in [5.41, 5.74) is 3.04. The van der Waals surface area contributed by atoms with E-state index in [2.05, 4.69) is 27.8 Å². The Balaban J connectivity index is 1.17. The van der Waals surface area contributed by atoms with E-state index in [1.807, 2.05) is 48.5 Å². The molecule has 11 nitrogen and oxygen atoms in total. The molecule has 3 fully saturated rings. The Morgan fingerprint density at radius 2 is 1.82 bits per heavy atom. The van der Waals surface area contributed by atoms with Gasteiger partial charge in [-0.05, 0) is 80.7 Å². The Bertz CT molecular complexity index is 1850. The highest BCUT2D eigenvalue weighted by Crippen LogP contribution is 2.47. The number of carbonyl (C=O) groups excluding carboxylic acids is 3. The van der Waals surface area contributed by atoms with Crippen molar-refractivity contribution >= 4 is 33.5 Å². The van der Waals surface area contributed by atoms with Gasteiger partial charge in [0.15, 0.2) is 0 Å². The summed E-state index contributed by atoms with van der Waals surface area (Å²) in [5.74, 6) is -2.66. The minimum Gasteiger partial charge on any atom is -0.490 e. The maximum absolute atomic E-state index is 14.1. The standard InChI is InChI=1S/C37H42N4O7S/c1-3-23-22-37(23,36(44)40-49(45,46)26-14-15-26)38-34(42)31-20-25-21-32(31)35(43)41(2)17-9-5-4-6-10-18-47-24-13-16-28-27-11-7-8-12-29(27)33(39-48-25)30(28)19-24/h3,6-8,10-13,16,19,23,25-26,31-32H,1,4-5,9,14-15,17-18,20-22H2,2H3,(H,38,42)(H,40,44)/b10-6-,39-33-/t23-,25-,31-,32-,37-/m1/s1. The van der Waals surface area contributed by atoms with Gasteiger partial charge in [-0.1, -0.05) is 47.6 Å². The Kier molecular flexibility index (Phi) is 8.85. The first-order valence-electron chi connectivity index (χ1n) is 17.1. The lowest BCUT2D eigenvalue weighted by molar-refractivity contribution is -0.140. The molecule has 1 heterocycles. The number of sulfonamides is 1. The number of nitrogens with one attached hydrogen (secondary N) is 2. The maximum atomic E-state index is 14.1. The summed E-state index contributed by atoms with van der Waals surface area (Å²) in [7, 11) is -2.08. The summed E-state index contributed by atoms with van der Waals surface area (Å²) >= 11 is 0. The Morgan fingerprint density at radius 3 is 2.57 bits per heavy atom. The van der Waals surface area contributed by atoms with Crippen molar-refractivity contribution in [1.82, 2.24) is 14.9 Å². The first-order valence-corrected chi connectivity index (χ1v) is 18.7. The van der Waals surface area contributed by atoms with Crippen molar-refractivity contribution in [3.63, 3.8) is 0 Å². The Morgan fingerprint density at radius 1 is 1.04 bits per heavy atom. The number of fused-ring (bicyclic) bond motifs is 6. The molecule has 2 aromatic carbocycles. The number of hydrogen-bond donors (Lipinski definition) is 2. The molecular formula is C37H42N4O7S. The number of oxime groups is 1. The molecule has 258 valence electrons. The molecule has 0 saturated heterocycles. The fourth-order valence-corrected chi connectivity index (χ4v) is 8.71. The van der Waals surface area contributed by atoms with Crippen LogP contribution in [0.15, 0.2) is 72.4 Å². The maximum Gasteiger partial charge on any atom is 0.259 e. The molecule has 0 aromatic heterocycles. The molecule has 5 atom stereocenters. The minimum atomic E-state index is -3.82. The zero-order valence-corrected chi connectivity index (χ0v) is 28.4. The van der Waals surface area contributed by atoms with Gasteiger partial charge in [-0.2, -0.15) is 0 Å². The van der Waals surface area contributed by atoms with E-state index in [0.29, 0.717) is 37.5 Å². The first-order chi connectivity index (χ1) is 23.6. The number of rotatable bonds is 6. The minimum absolute atomic E-state index is 0.173. The smallest absolute Gasteiger partial charge is 0.259 e. The Labute approximate surface area is 286 Å². The predicted molar refractivity (Wildman–Crippen MR) is 184 cm³/mol. The average Bonchev–Trinajstić information content (AvgIpc) is 4.00. The van der Waals surface area contributed by atoms with Gasteiger partial charge >= 0.3 is 0 Å². The molecule has 1 aliphatic heterocycles. The summed E-state index contributed by atoms with van der Waals surface area (Å²) in [5, 5.41) is 6.93. The molecule has 49 heavy (non-hydrogen) atoms. The van der Waals surface area contributed by atoms with E-state index in [-0.39, 0.29) is 25.2 Å². The van der Waals surface area contributed by atoms with Crippen molar-refractivity contribution in [1.29, 1.82) is 0 Å². The Hall–Kier alpha value is -4.45. The highest BCUT2D eigenvalue weighted by Gasteiger charge is 2.62. The van der Waals surface area contributed by atoms with E-state index < -0.39 is 56.5 Å². The van der Waals surface area contributed by atoms with E-state index >= 15 is 0 Å². The van der Waals surface area contributed by atoms with Gasteiger partial charge in [0.05, 0.1) is 17.1 Å². The van der Waals surface area contributed by atoms with Crippen LogP contribution in [0.25, 0.3) is 11.1 Å². The van der Waals surface area contributed by atoms with E-state index in [1.54, 1.807) is 18.0 Å². The van der Waals surface area contributed by atoms with E-state index in [9.17, 15) is 22.8 Å². The normalized spacial score (nSPS) is 29.8. The van der Waals surface area contributed by atoms with Crippen LogP contribution in [-0.4, -0.2) is 73.8 Å². The number of hydrogen-bond acceptors (Lipinski definition) is 8. The summed E-state index contributed by atoms with van der Waals surface area (Å²) in [6, 6.07) is 13.9. The highest BCUT2D eigenvalue weighted by atomic mass is 32.2. The van der Waals surface area contributed by atoms with Crippen LogP contribution in [0.1, 0.15) is 62.5 Å². The van der Waals surface area contributed by atoms with Crippen LogP contribution >= 0.6 is 0 Å². The molecule has 0 radical (unpaired) electrons. The molecule has 5 aliphatic rings. The van der Waals surface area contributed by atoms with Crippen LogP contribution < -0.4 is 14.8 Å². The fraction of sp³-hybridized carbons (Fsp3) is 0.459. The first kappa shape index (κ1) is 33.1. The number of nitrogens with zero attached hydrogens (tertiary/aromatic N) is 2. The molecule has 3 saturated carbocycles. The second kappa shape index (κ2) is 13.1. The van der Waals surface area contributed by atoms with Crippen LogP contribution in [0, 0.1) is 17.8 Å². The second-order valence-corrected chi connectivity index (χ2v) is 15.8. The zero-order valence-electron chi connectivity index (χ0n) is 27.6. The van der Waals surface area contributed by atoms with Gasteiger partial charge in [0.2, 0.25) is 21.8 Å². The quantitative estimate of drug-likeness (QED) is 0.372. The molecule has 2 N–H and O–H groups in total. The molecule has 4 bridgehead atoms. The van der Waals surface area contributed by atoms with Crippen molar-refractivity contribution in [2.24, 2.45) is 22.9 Å². The fourth-order valence-electron chi connectivity index (χ4n) is 7.34. The average molecular weight is 687 g/mol. The molecule has 3 amide bonds. The largest absolute Gasteiger partial charge is 0.490 e. The van der Waals surface area contributed by atoms with Crippen molar-refractivity contribution in [3.8, 4) is 16.9 Å². The molecular weight excluding hydrogens is 644 g/mol. The third kappa shape index (κ3) is 6.50. The molecule has 0 spiro atoms. The third-order valence-electron chi connectivity index (χ3n) is 10.4. The number of ether oxygens (including phenoxy) is 1. The summed E-state index contributed by atoms with van der Waals surface area (Å²) in [4.78, 5) is 49.2. The molecule has 4 aliphatic carbocycles. The van der Waals surface area contributed by atoms with E-state index in [0.717, 1.165) is 41.5 Å². The van der Waals surface area contributed by atoms with Crippen LogP contribution in [0.2, 0.25) is 0 Å². The van der Waals surface area contributed by atoms with Crippen LogP contribution in [0.3, 0.4) is 0 Å². The van der Waals surface area contributed by atoms with Crippen LogP contribution in [-0.2, 0) is 29.2 Å². The van der Waals surface area contributed by atoms with Crippen LogP contribution in [0.4, 0.5) is 0 Å².